The van der Waals surface area contributed by atoms with E-state index in [4.69, 9.17) is 14.6 Å². The van der Waals surface area contributed by atoms with Gasteiger partial charge in [-0.05, 0) is 37.0 Å². The third-order valence-corrected chi connectivity index (χ3v) is 3.90. The minimum Gasteiger partial charge on any atom is -0.493 e. The molecule has 0 atom stereocenters. The fourth-order valence-corrected chi connectivity index (χ4v) is 2.41. The number of rotatable bonds is 5. The summed E-state index contributed by atoms with van der Waals surface area (Å²) in [5.41, 5.74) is 0.112. The number of benzene rings is 1. The van der Waals surface area contributed by atoms with Gasteiger partial charge < -0.3 is 19.5 Å². The third-order valence-electron chi connectivity index (χ3n) is 3.90. The van der Waals surface area contributed by atoms with Gasteiger partial charge in [-0.2, -0.15) is 0 Å². The van der Waals surface area contributed by atoms with E-state index in [0.717, 1.165) is 25.9 Å². The number of ether oxygens (including phenoxy) is 2. The summed E-state index contributed by atoms with van der Waals surface area (Å²) in [5.74, 6) is 0.236. The monoisotopic (exact) mass is 307 g/mol. The van der Waals surface area contributed by atoms with Crippen molar-refractivity contribution in [3.63, 3.8) is 0 Å². The van der Waals surface area contributed by atoms with Gasteiger partial charge in [0.1, 0.15) is 0 Å². The fraction of sp³-hybridized carbons (Fsp3) is 0.500. The number of nitrogens with zero attached hydrogens (tertiary/aromatic N) is 1. The summed E-state index contributed by atoms with van der Waals surface area (Å²) in [4.78, 5) is 24.8. The predicted molar refractivity (Wildman–Crippen MR) is 80.4 cm³/mol. The summed E-state index contributed by atoms with van der Waals surface area (Å²) in [7, 11) is 1.43. The zero-order valence-electron chi connectivity index (χ0n) is 12.9. The molecule has 0 aliphatic carbocycles. The number of carboxylic acid groups (broad SMARTS) is 1. The second-order valence-electron chi connectivity index (χ2n) is 5.52. The molecule has 0 aromatic heterocycles. The molecule has 22 heavy (non-hydrogen) atoms. The van der Waals surface area contributed by atoms with Gasteiger partial charge in [-0.25, -0.2) is 4.79 Å². The molecular weight excluding hydrogens is 286 g/mol. The van der Waals surface area contributed by atoms with Crippen LogP contribution in [0.1, 0.15) is 30.1 Å². The first kappa shape index (κ1) is 16.1. The highest BCUT2D eigenvalue weighted by Crippen LogP contribution is 2.28. The number of hydrogen-bond donors (Lipinski definition) is 1. The molecule has 120 valence electrons. The highest BCUT2D eigenvalue weighted by molar-refractivity contribution is 5.88. The average Bonchev–Trinajstić information content (AvgIpc) is 2.52. The van der Waals surface area contributed by atoms with Gasteiger partial charge in [0.15, 0.2) is 18.1 Å². The molecule has 1 aromatic carbocycles. The second kappa shape index (κ2) is 7.15. The quantitative estimate of drug-likeness (QED) is 0.900. The predicted octanol–water partition coefficient (Wildman–Crippen LogP) is 2.03. The van der Waals surface area contributed by atoms with E-state index in [1.165, 1.54) is 25.3 Å². The van der Waals surface area contributed by atoms with Gasteiger partial charge in [0.25, 0.3) is 5.91 Å². The number of methoxy groups -OCH3 is 1. The van der Waals surface area contributed by atoms with E-state index in [-0.39, 0.29) is 18.1 Å². The highest BCUT2D eigenvalue weighted by atomic mass is 16.5. The van der Waals surface area contributed by atoms with E-state index >= 15 is 0 Å². The molecule has 1 aliphatic rings. The normalized spacial score (nSPS) is 15.5. The smallest absolute Gasteiger partial charge is 0.335 e. The molecule has 0 saturated carbocycles. The molecule has 0 radical (unpaired) electrons. The van der Waals surface area contributed by atoms with Crippen molar-refractivity contribution >= 4 is 11.9 Å². The van der Waals surface area contributed by atoms with Gasteiger partial charge in [0, 0.05) is 13.1 Å². The van der Waals surface area contributed by atoms with E-state index in [2.05, 4.69) is 6.92 Å². The lowest BCUT2D eigenvalue weighted by atomic mass is 9.99. The zero-order valence-corrected chi connectivity index (χ0v) is 12.9. The molecule has 1 aromatic rings. The lowest BCUT2D eigenvalue weighted by molar-refractivity contribution is -0.134. The lowest BCUT2D eigenvalue weighted by Gasteiger charge is -2.30. The topological polar surface area (TPSA) is 76.1 Å². The molecule has 1 N–H and O–H groups in total. The summed E-state index contributed by atoms with van der Waals surface area (Å²) >= 11 is 0. The maximum atomic E-state index is 12.1. The van der Waals surface area contributed by atoms with Crippen molar-refractivity contribution < 1.29 is 24.2 Å². The molecule has 6 heteroatoms. The molecule has 1 fully saturated rings. The Hall–Kier alpha value is -2.24. The van der Waals surface area contributed by atoms with Crippen LogP contribution in [0.2, 0.25) is 0 Å². The number of carbonyl (C=O) groups is 2. The summed E-state index contributed by atoms with van der Waals surface area (Å²) in [6.45, 7) is 3.64. The van der Waals surface area contributed by atoms with Crippen molar-refractivity contribution in [1.82, 2.24) is 4.90 Å². The maximum absolute atomic E-state index is 12.1. The van der Waals surface area contributed by atoms with Crippen LogP contribution < -0.4 is 9.47 Å². The van der Waals surface area contributed by atoms with Gasteiger partial charge in [-0.1, -0.05) is 6.92 Å². The largest absolute Gasteiger partial charge is 0.493 e. The molecule has 1 heterocycles. The van der Waals surface area contributed by atoms with Crippen LogP contribution in [0.4, 0.5) is 0 Å². The Kier molecular flexibility index (Phi) is 5.25. The summed E-state index contributed by atoms with van der Waals surface area (Å²) in [6.07, 6.45) is 2.03. The van der Waals surface area contributed by atoms with Crippen LogP contribution >= 0.6 is 0 Å². The molecule has 6 nitrogen and oxygen atoms in total. The van der Waals surface area contributed by atoms with Crippen molar-refractivity contribution in [2.75, 3.05) is 26.8 Å². The Morgan fingerprint density at radius 1 is 1.27 bits per heavy atom. The third kappa shape index (κ3) is 3.90. The standard InChI is InChI=1S/C16H21NO5/c1-11-5-7-17(8-6-11)15(18)10-22-13-4-3-12(16(19)20)9-14(13)21-2/h3-4,9,11H,5-8,10H2,1-2H3,(H,19,20). The van der Waals surface area contributed by atoms with Gasteiger partial charge >= 0.3 is 5.97 Å². The number of likely N-dealkylation sites (tertiary alicyclic amines) is 1. The Morgan fingerprint density at radius 2 is 1.95 bits per heavy atom. The van der Waals surface area contributed by atoms with Crippen LogP contribution in [0.3, 0.4) is 0 Å². The molecule has 1 saturated heterocycles. The first-order chi connectivity index (χ1) is 10.5. The van der Waals surface area contributed by atoms with Crippen LogP contribution in [0.15, 0.2) is 18.2 Å². The molecular formula is C16H21NO5. The SMILES string of the molecule is COc1cc(C(=O)O)ccc1OCC(=O)N1CCC(C)CC1. The first-order valence-electron chi connectivity index (χ1n) is 7.33. The van der Waals surface area contributed by atoms with Gasteiger partial charge in [0.2, 0.25) is 0 Å². The first-order valence-corrected chi connectivity index (χ1v) is 7.33. The number of hydrogen-bond acceptors (Lipinski definition) is 4. The van der Waals surface area contributed by atoms with E-state index in [1.54, 1.807) is 4.90 Å². The van der Waals surface area contributed by atoms with Crippen molar-refractivity contribution in [2.24, 2.45) is 5.92 Å². The second-order valence-corrected chi connectivity index (χ2v) is 5.52. The van der Waals surface area contributed by atoms with E-state index in [9.17, 15) is 9.59 Å². The number of carboxylic acids is 1. The number of aromatic carboxylic acids is 1. The van der Waals surface area contributed by atoms with Crippen molar-refractivity contribution in [3.05, 3.63) is 23.8 Å². The summed E-state index contributed by atoms with van der Waals surface area (Å²) < 4.78 is 10.6. The van der Waals surface area contributed by atoms with E-state index in [1.807, 2.05) is 0 Å². The van der Waals surface area contributed by atoms with Crippen LogP contribution in [-0.4, -0.2) is 48.7 Å². The van der Waals surface area contributed by atoms with Crippen LogP contribution in [0, 0.1) is 5.92 Å². The number of amides is 1. The highest BCUT2D eigenvalue weighted by Gasteiger charge is 2.21. The van der Waals surface area contributed by atoms with Crippen molar-refractivity contribution in [2.45, 2.75) is 19.8 Å². The fourth-order valence-electron chi connectivity index (χ4n) is 2.41. The molecule has 0 spiro atoms. The lowest BCUT2D eigenvalue weighted by Crippen LogP contribution is -2.40. The van der Waals surface area contributed by atoms with Gasteiger partial charge in [-0.3, -0.25) is 4.79 Å². The van der Waals surface area contributed by atoms with Crippen molar-refractivity contribution in [3.8, 4) is 11.5 Å². The molecule has 1 amide bonds. The maximum Gasteiger partial charge on any atom is 0.335 e. The van der Waals surface area contributed by atoms with Crippen molar-refractivity contribution in [1.29, 1.82) is 0 Å². The Labute approximate surface area is 129 Å². The van der Waals surface area contributed by atoms with Crippen LogP contribution in [0.25, 0.3) is 0 Å². The minimum atomic E-state index is -1.04. The Balaban J connectivity index is 1.96. The van der Waals surface area contributed by atoms with Gasteiger partial charge in [0.05, 0.1) is 12.7 Å². The molecule has 0 unspecified atom stereocenters. The molecule has 1 aliphatic heterocycles. The summed E-state index contributed by atoms with van der Waals surface area (Å²) in [6, 6.07) is 4.31. The van der Waals surface area contributed by atoms with E-state index < -0.39 is 5.97 Å². The minimum absolute atomic E-state index is 0.0590. The zero-order chi connectivity index (χ0) is 16.1. The van der Waals surface area contributed by atoms with Crippen LogP contribution in [-0.2, 0) is 4.79 Å². The molecule has 0 bridgehead atoms. The molecule has 2 rings (SSSR count). The average molecular weight is 307 g/mol. The number of carbonyl (C=O) groups excluding carboxylic acids is 1. The number of piperidine rings is 1. The van der Waals surface area contributed by atoms with Gasteiger partial charge in [-0.15, -0.1) is 0 Å². The Bertz CT molecular complexity index is 549. The Morgan fingerprint density at radius 3 is 2.55 bits per heavy atom. The summed E-state index contributed by atoms with van der Waals surface area (Å²) in [5, 5.41) is 8.95. The van der Waals surface area contributed by atoms with Crippen LogP contribution in [0.5, 0.6) is 11.5 Å². The van der Waals surface area contributed by atoms with E-state index in [0.29, 0.717) is 17.4 Å².